The number of hydrogen-bond donors (Lipinski definition) is 1. The molecule has 0 amide bonds. The standard InChI is InChI=1S/FOPS/c1-3(2)4/p+1. The maximum absolute atomic E-state index is 10.4. The van der Waals surface area contributed by atoms with Gasteiger partial charge in [-0.1, -0.05) is 0 Å². The fourth-order valence-electron chi connectivity index (χ4n) is 0. The second kappa shape index (κ2) is 1.68. The summed E-state index contributed by atoms with van der Waals surface area (Å²) in [5, 5.41) is 0. The van der Waals surface area contributed by atoms with Crippen molar-refractivity contribution < 1.29 is 8.76 Å². The first-order valence-electron chi connectivity index (χ1n) is 0.552. The minimum absolute atomic E-state index is 2.68. The van der Waals surface area contributed by atoms with Crippen molar-refractivity contribution in [3.8, 4) is 0 Å². The van der Waals surface area contributed by atoms with E-state index >= 15 is 0 Å². The molecule has 0 aromatic carbocycles. The third-order valence-corrected chi connectivity index (χ3v) is 0. The van der Waals surface area contributed by atoms with Crippen LogP contribution < -0.4 is 0 Å². The smallest absolute Gasteiger partial charge is 0.0127 e. The third kappa shape index (κ3) is 31.4. The second-order valence-electron chi connectivity index (χ2n) is 0.226. The van der Waals surface area contributed by atoms with Crippen molar-refractivity contribution in [3.63, 3.8) is 0 Å². The molecule has 1 nitrogen and oxygen atoms in total. The highest BCUT2D eigenvalue weighted by Crippen LogP contribution is 2.25. The van der Waals surface area contributed by atoms with Crippen LogP contribution >= 0.6 is 19.6 Å². The van der Waals surface area contributed by atoms with Gasteiger partial charge < -0.3 is 0 Å². The Morgan fingerprint density at radius 2 is 2.00 bits per heavy atom. The predicted octanol–water partition coefficient (Wildman–Crippen LogP) is 1.54. The maximum atomic E-state index is 10.4. The van der Waals surface area contributed by atoms with Gasteiger partial charge in [-0.3, -0.25) is 0 Å². The van der Waals surface area contributed by atoms with Crippen LogP contribution in [0.4, 0.5) is 4.20 Å². The second-order valence-corrected chi connectivity index (χ2v) is 1.62. The number of rotatable bonds is 0. The topological polar surface area (TPSA) is 17.1 Å². The van der Waals surface area contributed by atoms with Crippen molar-refractivity contribution >= 4 is 19.6 Å². The third-order valence-electron chi connectivity index (χ3n) is 0. The Morgan fingerprint density at radius 3 is 2.00 bits per heavy atom. The normalized spacial score (nSPS) is 11.0. The van der Waals surface area contributed by atoms with E-state index in [1.807, 2.05) is 0 Å². The number of halogens is 1. The highest BCUT2D eigenvalue weighted by atomic mass is 32.7. The van der Waals surface area contributed by atoms with Crippen LogP contribution in [0.15, 0.2) is 0 Å². The Labute approximate surface area is 29.3 Å². The minimum Gasteiger partial charge on any atom is -0.0127 e. The Bertz CT molecular complexity index is 31.0. The summed E-state index contributed by atoms with van der Waals surface area (Å²) in [4.78, 5) is 0. The Kier molecular flexibility index (Phi) is 1.84. The zero-order chi connectivity index (χ0) is 3.58. The molecule has 0 heterocycles. The van der Waals surface area contributed by atoms with E-state index in [-0.39, 0.29) is 0 Å². The molecule has 24 valence electrons. The summed E-state index contributed by atoms with van der Waals surface area (Å²) in [6.07, 6.45) is 0. The van der Waals surface area contributed by atoms with Crippen LogP contribution in [0.3, 0.4) is 0 Å². The zero-order valence-electron chi connectivity index (χ0n) is 1.68. The Balaban J connectivity index is 2.80. The van der Waals surface area contributed by atoms with E-state index in [1.165, 1.54) is 0 Å². The highest BCUT2D eigenvalue weighted by Gasteiger charge is 1.96. The molecule has 0 spiro atoms. The van der Waals surface area contributed by atoms with Gasteiger partial charge in [0.25, 0.3) is 0 Å². The number of thiol groups is 1. The molecule has 0 saturated carbocycles. The molecule has 0 aliphatic heterocycles. The van der Waals surface area contributed by atoms with Gasteiger partial charge in [0.05, 0.1) is 4.20 Å². The summed E-state index contributed by atoms with van der Waals surface area (Å²) in [5.41, 5.74) is 0. The van der Waals surface area contributed by atoms with Crippen LogP contribution in [-0.4, -0.2) is 0 Å². The van der Waals surface area contributed by atoms with E-state index in [1.54, 1.807) is 0 Å². The fourth-order valence-corrected chi connectivity index (χ4v) is 0. The van der Waals surface area contributed by atoms with Crippen molar-refractivity contribution in [2.75, 3.05) is 0 Å². The van der Waals surface area contributed by atoms with Gasteiger partial charge in [-0.15, -0.1) is 0 Å². The molecular weight excluding hydrogens is 98.0 g/mol. The summed E-state index contributed by atoms with van der Waals surface area (Å²) in [5.74, 6) is 0. The molecule has 0 rings (SSSR count). The van der Waals surface area contributed by atoms with Crippen LogP contribution in [0.5, 0.6) is 0 Å². The predicted molar refractivity (Wildman–Crippen MR) is 17.7 cm³/mol. The molecule has 0 N–H and O–H groups in total. The van der Waals surface area contributed by atoms with Gasteiger partial charge in [-0.05, 0) is 4.57 Å². The summed E-state index contributed by atoms with van der Waals surface area (Å²) in [6.45, 7) is 0. The van der Waals surface area contributed by atoms with E-state index in [0.717, 1.165) is 0 Å². The van der Waals surface area contributed by atoms with Gasteiger partial charge in [0.15, 0.2) is 0 Å². The molecule has 0 aromatic rings. The van der Waals surface area contributed by atoms with Gasteiger partial charge in [-0.2, -0.15) is 0 Å². The lowest BCUT2D eigenvalue weighted by molar-refractivity contribution is 0.572. The maximum Gasteiger partial charge on any atom is 0.629 e. The van der Waals surface area contributed by atoms with E-state index in [2.05, 4.69) is 12.2 Å². The molecule has 0 aliphatic carbocycles. The van der Waals surface area contributed by atoms with Crippen molar-refractivity contribution in [2.24, 2.45) is 0 Å². The summed E-state index contributed by atoms with van der Waals surface area (Å²) < 4.78 is 19.2. The van der Waals surface area contributed by atoms with E-state index in [9.17, 15) is 4.20 Å². The first-order chi connectivity index (χ1) is 1.73. The van der Waals surface area contributed by atoms with Crippen LogP contribution in [0.25, 0.3) is 0 Å². The van der Waals surface area contributed by atoms with Crippen LogP contribution in [0, 0.1) is 0 Å². The van der Waals surface area contributed by atoms with Crippen molar-refractivity contribution in [1.29, 1.82) is 0 Å². The van der Waals surface area contributed by atoms with Crippen LogP contribution in [-0.2, 0) is 4.57 Å². The van der Waals surface area contributed by atoms with Gasteiger partial charge >= 0.3 is 7.31 Å². The average molecular weight is 99.0 g/mol. The molecule has 0 radical (unpaired) electrons. The average Bonchev–Trinajstić information content (AvgIpc) is 0.811. The molecule has 1 unspecified atom stereocenters. The molecule has 4 heteroatoms. The number of hydrogen-bond acceptors (Lipinski definition) is 1. The molecule has 0 aliphatic rings. The lowest BCUT2D eigenvalue weighted by Gasteiger charge is -1.25. The van der Waals surface area contributed by atoms with Crippen LogP contribution in [0.1, 0.15) is 0 Å². The van der Waals surface area contributed by atoms with Gasteiger partial charge in [0, 0.05) is 0 Å². The Morgan fingerprint density at radius 1 is 2.00 bits per heavy atom. The monoisotopic (exact) mass is 98.9 g/mol. The van der Waals surface area contributed by atoms with Gasteiger partial charge in [-0.25, -0.2) is 0 Å². The highest BCUT2D eigenvalue weighted by molar-refractivity contribution is 8.38. The van der Waals surface area contributed by atoms with E-state index in [0.29, 0.717) is 0 Å². The largest absolute Gasteiger partial charge is 0.629 e. The van der Waals surface area contributed by atoms with Crippen LogP contribution in [0.2, 0.25) is 0 Å². The molecule has 4 heavy (non-hydrogen) atoms. The molecule has 0 saturated heterocycles. The van der Waals surface area contributed by atoms with E-state index < -0.39 is 7.31 Å². The zero-order valence-corrected chi connectivity index (χ0v) is 3.47. The SMILES string of the molecule is O=[P+](F)S. The molecule has 0 bridgehead atoms. The van der Waals surface area contributed by atoms with Crippen molar-refractivity contribution in [1.82, 2.24) is 0 Å². The summed E-state index contributed by atoms with van der Waals surface area (Å²) in [7, 11) is -2.68. The minimum atomic E-state index is -2.68. The lowest BCUT2D eigenvalue weighted by Crippen LogP contribution is -1.01. The lowest BCUT2D eigenvalue weighted by atomic mass is 16.0. The molecule has 0 aromatic heterocycles. The van der Waals surface area contributed by atoms with Crippen molar-refractivity contribution in [2.45, 2.75) is 0 Å². The van der Waals surface area contributed by atoms with Gasteiger partial charge in [0.1, 0.15) is 12.2 Å². The summed E-state index contributed by atoms with van der Waals surface area (Å²) in [6, 6.07) is 0. The Hall–Kier alpha value is 0.380. The molecule has 1 atom stereocenters. The van der Waals surface area contributed by atoms with Gasteiger partial charge in [0.2, 0.25) is 0 Å². The van der Waals surface area contributed by atoms with E-state index in [4.69, 9.17) is 4.57 Å². The first-order valence-corrected chi connectivity index (χ1v) is 2.85. The quantitative estimate of drug-likeness (QED) is 0.360. The fraction of sp³-hybridized carbons (Fsp3) is 0. The first kappa shape index (κ1) is 4.38. The summed E-state index contributed by atoms with van der Waals surface area (Å²) >= 11 is 2.81. The molecule has 0 fully saturated rings. The molecular formula is HFOPS+. The van der Waals surface area contributed by atoms with Crippen molar-refractivity contribution in [3.05, 3.63) is 0 Å².